The van der Waals surface area contributed by atoms with Crippen LogP contribution in [-0.2, 0) is 14.8 Å². The molecule has 1 aliphatic rings. The van der Waals surface area contributed by atoms with Crippen molar-refractivity contribution in [1.29, 1.82) is 0 Å². The molecular weight excluding hydrogens is 450 g/mol. The van der Waals surface area contributed by atoms with Crippen LogP contribution in [0.15, 0.2) is 88.9 Å². The summed E-state index contributed by atoms with van der Waals surface area (Å²) in [6, 6.07) is 22.7. The number of sulfonamides is 1. The number of carbonyl (C=O) groups excluding carboxylic acids is 1. The number of hydrogen-bond donors (Lipinski definition) is 1. The summed E-state index contributed by atoms with van der Waals surface area (Å²) in [5, 5.41) is 6.15. The Morgan fingerprint density at radius 1 is 1.03 bits per heavy atom. The number of ether oxygens (including phenoxy) is 1. The second-order valence-corrected chi connectivity index (χ2v) is 9.51. The van der Waals surface area contributed by atoms with E-state index in [4.69, 9.17) is 4.74 Å². The standard InChI is InChI=1S/C26H27N3O4S/c1-3-26(30)29-25(19-11-10-12-20(17-19)33-4-2)18-24(27-29)22-15-8-9-16-23(22)28-34(31,32)21-13-6-5-7-14-21/h5-17,25,28H,3-4,18H2,1-2H3/t25-/m0/s1. The third kappa shape index (κ3) is 4.97. The number of nitrogens with one attached hydrogen (secondary N) is 1. The lowest BCUT2D eigenvalue weighted by Crippen LogP contribution is -2.26. The highest BCUT2D eigenvalue weighted by Crippen LogP contribution is 2.36. The summed E-state index contributed by atoms with van der Waals surface area (Å²) in [6.07, 6.45) is 0.756. The van der Waals surface area contributed by atoms with Gasteiger partial charge in [0.1, 0.15) is 5.75 Å². The van der Waals surface area contributed by atoms with Gasteiger partial charge < -0.3 is 4.74 Å². The SMILES string of the molecule is CCOc1cccc([C@@H]2CC(c3ccccc3NS(=O)(=O)c3ccccc3)=NN2C(=O)CC)c1. The summed E-state index contributed by atoms with van der Waals surface area (Å²) in [5.41, 5.74) is 2.60. The van der Waals surface area contributed by atoms with E-state index in [1.54, 1.807) is 49.4 Å². The zero-order chi connectivity index (χ0) is 24.1. The van der Waals surface area contributed by atoms with Crippen LogP contribution in [0.1, 0.15) is 43.9 Å². The average Bonchev–Trinajstić information content (AvgIpc) is 3.30. The monoisotopic (exact) mass is 477 g/mol. The maximum Gasteiger partial charge on any atom is 0.261 e. The number of nitrogens with zero attached hydrogens (tertiary/aromatic N) is 2. The van der Waals surface area contributed by atoms with Crippen molar-refractivity contribution < 1.29 is 17.9 Å². The Balaban J connectivity index is 1.69. The Morgan fingerprint density at radius 2 is 1.76 bits per heavy atom. The Morgan fingerprint density at radius 3 is 2.50 bits per heavy atom. The summed E-state index contributed by atoms with van der Waals surface area (Å²) >= 11 is 0. The molecule has 4 rings (SSSR count). The van der Waals surface area contributed by atoms with Gasteiger partial charge in [-0.1, -0.05) is 55.5 Å². The van der Waals surface area contributed by atoms with Gasteiger partial charge in [-0.15, -0.1) is 0 Å². The Kier molecular flexibility index (Phi) is 6.98. The van der Waals surface area contributed by atoms with E-state index in [-0.39, 0.29) is 16.8 Å². The fourth-order valence-electron chi connectivity index (χ4n) is 3.93. The molecule has 1 atom stereocenters. The van der Waals surface area contributed by atoms with Gasteiger partial charge in [-0.05, 0) is 42.8 Å². The quantitative estimate of drug-likeness (QED) is 0.496. The molecule has 1 heterocycles. The molecule has 0 saturated carbocycles. The van der Waals surface area contributed by atoms with Crippen LogP contribution in [0.3, 0.4) is 0 Å². The van der Waals surface area contributed by atoms with Crippen molar-refractivity contribution in [3.05, 3.63) is 90.0 Å². The van der Waals surface area contributed by atoms with E-state index in [9.17, 15) is 13.2 Å². The highest BCUT2D eigenvalue weighted by atomic mass is 32.2. The van der Waals surface area contributed by atoms with Crippen LogP contribution in [0.4, 0.5) is 5.69 Å². The van der Waals surface area contributed by atoms with Crippen LogP contribution < -0.4 is 9.46 Å². The summed E-state index contributed by atoms with van der Waals surface area (Å²) in [7, 11) is -3.78. The van der Waals surface area contributed by atoms with Gasteiger partial charge >= 0.3 is 0 Å². The van der Waals surface area contributed by atoms with Crippen molar-refractivity contribution in [3.63, 3.8) is 0 Å². The largest absolute Gasteiger partial charge is 0.494 e. The third-order valence-electron chi connectivity index (χ3n) is 5.56. The first-order valence-electron chi connectivity index (χ1n) is 11.2. The van der Waals surface area contributed by atoms with Crippen molar-refractivity contribution in [2.75, 3.05) is 11.3 Å². The smallest absolute Gasteiger partial charge is 0.261 e. The fraction of sp³-hybridized carbons (Fsp3) is 0.231. The van der Waals surface area contributed by atoms with Crippen molar-refractivity contribution in [2.24, 2.45) is 5.10 Å². The third-order valence-corrected chi connectivity index (χ3v) is 6.94. The molecule has 0 bridgehead atoms. The summed E-state index contributed by atoms with van der Waals surface area (Å²) in [4.78, 5) is 12.9. The topological polar surface area (TPSA) is 88.1 Å². The van der Waals surface area contributed by atoms with E-state index < -0.39 is 10.0 Å². The molecule has 0 aliphatic carbocycles. The molecule has 1 N–H and O–H groups in total. The Bertz CT molecular complexity index is 1310. The highest BCUT2D eigenvalue weighted by Gasteiger charge is 2.33. The molecule has 3 aromatic rings. The van der Waals surface area contributed by atoms with Crippen molar-refractivity contribution >= 4 is 27.3 Å². The summed E-state index contributed by atoms with van der Waals surface area (Å²) in [6.45, 7) is 4.26. The number of para-hydroxylation sites is 1. The zero-order valence-corrected chi connectivity index (χ0v) is 20.0. The van der Waals surface area contributed by atoms with Gasteiger partial charge in [0, 0.05) is 18.4 Å². The number of carbonyl (C=O) groups is 1. The molecular formula is C26H27N3O4S. The van der Waals surface area contributed by atoms with Gasteiger partial charge in [0.15, 0.2) is 0 Å². The second-order valence-electron chi connectivity index (χ2n) is 7.83. The summed E-state index contributed by atoms with van der Waals surface area (Å²) < 4.78 is 34.2. The first-order chi connectivity index (χ1) is 16.4. The number of benzene rings is 3. The predicted octanol–water partition coefficient (Wildman–Crippen LogP) is 4.97. The van der Waals surface area contributed by atoms with Crippen LogP contribution in [0.5, 0.6) is 5.75 Å². The van der Waals surface area contributed by atoms with Crippen molar-refractivity contribution in [2.45, 2.75) is 37.6 Å². The molecule has 0 radical (unpaired) electrons. The van der Waals surface area contributed by atoms with Gasteiger partial charge in [-0.25, -0.2) is 13.4 Å². The molecule has 0 spiro atoms. The Labute approximate surface area is 200 Å². The van der Waals surface area contributed by atoms with Crippen LogP contribution in [0.25, 0.3) is 0 Å². The lowest BCUT2D eigenvalue weighted by atomic mass is 9.97. The fourth-order valence-corrected chi connectivity index (χ4v) is 5.03. The van der Waals surface area contributed by atoms with Gasteiger partial charge in [0.2, 0.25) is 5.91 Å². The van der Waals surface area contributed by atoms with Crippen LogP contribution >= 0.6 is 0 Å². The first kappa shape index (κ1) is 23.5. The van der Waals surface area contributed by atoms with Gasteiger partial charge in [0.05, 0.1) is 28.9 Å². The van der Waals surface area contributed by atoms with Gasteiger partial charge in [-0.3, -0.25) is 9.52 Å². The van der Waals surface area contributed by atoms with Crippen LogP contribution in [0.2, 0.25) is 0 Å². The first-order valence-corrected chi connectivity index (χ1v) is 12.7. The second kappa shape index (κ2) is 10.1. The minimum Gasteiger partial charge on any atom is -0.494 e. The minimum absolute atomic E-state index is 0.107. The van der Waals surface area contributed by atoms with Crippen molar-refractivity contribution in [1.82, 2.24) is 5.01 Å². The van der Waals surface area contributed by atoms with E-state index in [1.165, 1.54) is 5.01 Å². The molecule has 0 fully saturated rings. The maximum absolute atomic E-state index is 12.9. The normalized spacial score (nSPS) is 15.6. The van der Waals surface area contributed by atoms with E-state index >= 15 is 0 Å². The Hall–Kier alpha value is -3.65. The van der Waals surface area contributed by atoms with E-state index in [0.717, 1.165) is 11.3 Å². The summed E-state index contributed by atoms with van der Waals surface area (Å²) in [5.74, 6) is 0.623. The maximum atomic E-state index is 12.9. The number of hydrogen-bond acceptors (Lipinski definition) is 5. The molecule has 1 aliphatic heterocycles. The molecule has 0 aromatic heterocycles. The molecule has 0 saturated heterocycles. The van der Waals surface area contributed by atoms with E-state index in [1.807, 2.05) is 43.3 Å². The molecule has 8 heteroatoms. The number of anilines is 1. The molecule has 0 unspecified atom stereocenters. The van der Waals surface area contributed by atoms with E-state index in [2.05, 4.69) is 9.82 Å². The van der Waals surface area contributed by atoms with Crippen molar-refractivity contribution in [3.8, 4) is 5.75 Å². The van der Waals surface area contributed by atoms with Gasteiger partial charge in [-0.2, -0.15) is 5.10 Å². The average molecular weight is 478 g/mol. The lowest BCUT2D eigenvalue weighted by molar-refractivity contribution is -0.132. The van der Waals surface area contributed by atoms with Crippen LogP contribution in [0, 0.1) is 0 Å². The molecule has 7 nitrogen and oxygen atoms in total. The molecule has 176 valence electrons. The molecule has 3 aromatic carbocycles. The predicted molar refractivity (Wildman–Crippen MR) is 132 cm³/mol. The van der Waals surface area contributed by atoms with E-state index in [0.29, 0.717) is 36.4 Å². The number of hydrazone groups is 1. The molecule has 1 amide bonds. The zero-order valence-electron chi connectivity index (χ0n) is 19.1. The highest BCUT2D eigenvalue weighted by molar-refractivity contribution is 7.92. The van der Waals surface area contributed by atoms with Crippen LogP contribution in [-0.4, -0.2) is 31.7 Å². The van der Waals surface area contributed by atoms with Gasteiger partial charge in [0.25, 0.3) is 10.0 Å². The minimum atomic E-state index is -3.78. The number of amides is 1. The lowest BCUT2D eigenvalue weighted by Gasteiger charge is -2.22. The number of rotatable bonds is 8. The molecule has 34 heavy (non-hydrogen) atoms.